The highest BCUT2D eigenvalue weighted by Crippen LogP contribution is 2.21. The number of nitrogens with one attached hydrogen (secondary N) is 5. The molecule has 0 spiro atoms. The first-order valence-electron chi connectivity index (χ1n) is 21.1. The van der Waals surface area contributed by atoms with E-state index in [-0.39, 0.29) is 61.8 Å². The van der Waals surface area contributed by atoms with Crippen molar-refractivity contribution in [3.63, 3.8) is 0 Å². The summed E-state index contributed by atoms with van der Waals surface area (Å²) in [6.45, 7) is 15.6. The van der Waals surface area contributed by atoms with Gasteiger partial charge in [-0.1, -0.05) is 52.2 Å². The van der Waals surface area contributed by atoms with Crippen LogP contribution in [-0.4, -0.2) is 103 Å². The van der Waals surface area contributed by atoms with Crippen LogP contribution in [0.25, 0.3) is 0 Å². The zero-order valence-corrected chi connectivity index (χ0v) is 36.6. The van der Waals surface area contributed by atoms with Crippen molar-refractivity contribution in [1.82, 2.24) is 26.2 Å². The molecule has 2 atom stereocenters. The van der Waals surface area contributed by atoms with Crippen molar-refractivity contribution in [3.05, 3.63) is 42.0 Å². The largest absolute Gasteiger partial charge is 0.445 e. The molecule has 0 bridgehead atoms. The van der Waals surface area contributed by atoms with Crippen molar-refractivity contribution >= 4 is 47.3 Å². The minimum atomic E-state index is -1.02. The summed E-state index contributed by atoms with van der Waals surface area (Å²) in [5.74, 6) is -2.41. The lowest BCUT2D eigenvalue weighted by Crippen LogP contribution is -2.54. The van der Waals surface area contributed by atoms with Gasteiger partial charge in [0.25, 0.3) is 11.8 Å². The third kappa shape index (κ3) is 20.8. The van der Waals surface area contributed by atoms with Crippen molar-refractivity contribution in [2.24, 2.45) is 11.7 Å². The van der Waals surface area contributed by atoms with Crippen LogP contribution in [-0.2, 0) is 44.8 Å². The number of urea groups is 1. The number of benzene rings is 1. The van der Waals surface area contributed by atoms with Crippen LogP contribution in [0.2, 0.25) is 0 Å². The molecule has 1 aromatic carbocycles. The normalized spacial score (nSPS) is 13.8. The van der Waals surface area contributed by atoms with Gasteiger partial charge < -0.3 is 46.5 Å². The second-order valence-electron chi connectivity index (χ2n) is 16.6. The summed E-state index contributed by atoms with van der Waals surface area (Å²) < 4.78 is 17.4. The first-order chi connectivity index (χ1) is 28.3. The molecule has 0 saturated carbocycles. The molecule has 1 aliphatic rings. The SMILES string of the molecule is CCCCC(C)(C)OCC(C)(C)OCCCNC(=O)OCc1ccc(NC(=O)[C@H](CCCNC(N)=O)NC(=O)[C@@H](NC(=O)CCCCCN2C(=O)C=CC2=O)C(C)C)cc1. The summed E-state index contributed by atoms with van der Waals surface area (Å²) in [5.41, 5.74) is 5.62. The lowest BCUT2D eigenvalue weighted by Gasteiger charge is -2.32. The number of rotatable bonds is 29. The molecular weight excluding hydrogens is 775 g/mol. The van der Waals surface area contributed by atoms with Crippen molar-refractivity contribution in [2.75, 3.05) is 38.2 Å². The van der Waals surface area contributed by atoms with E-state index in [1.807, 2.05) is 13.8 Å². The molecule has 17 heteroatoms. The van der Waals surface area contributed by atoms with Crippen molar-refractivity contribution < 1.29 is 47.8 Å². The van der Waals surface area contributed by atoms with Gasteiger partial charge in [-0.15, -0.1) is 0 Å². The first kappa shape index (κ1) is 51.1. The summed E-state index contributed by atoms with van der Waals surface area (Å²) in [5, 5.41) is 13.5. The van der Waals surface area contributed by atoms with Gasteiger partial charge in [0.2, 0.25) is 17.7 Å². The number of carbonyl (C=O) groups is 7. The molecule has 0 aliphatic carbocycles. The zero-order valence-electron chi connectivity index (χ0n) is 36.6. The molecule has 0 saturated heterocycles. The minimum absolute atomic E-state index is 0.000931. The van der Waals surface area contributed by atoms with Gasteiger partial charge in [0, 0.05) is 50.5 Å². The number of primary amides is 1. The molecule has 1 aliphatic heterocycles. The Morgan fingerprint density at radius 3 is 2.08 bits per heavy atom. The van der Waals surface area contributed by atoms with Crippen LogP contribution < -0.4 is 32.3 Å². The number of hydrogen-bond donors (Lipinski definition) is 6. The molecule has 2 rings (SSSR count). The standard InChI is InChI=1S/C43H69N7O10/c1-8-9-23-42(4,5)60-29-43(6,7)59-27-14-25-46-41(57)58-28-31-17-19-32(20-18-31)47-38(54)33(15-13-24-45-40(44)56)48-39(55)37(30(2)3)49-34(51)16-11-10-12-26-50-35(52)21-22-36(50)53/h17-22,30,33,37H,8-16,23-29H2,1-7H3,(H,46,57)(H,47,54)(H,48,55)(H,49,51)(H3,44,45,56)/t33-,37-/m0/s1. The van der Waals surface area contributed by atoms with Crippen LogP contribution in [0.1, 0.15) is 118 Å². The summed E-state index contributed by atoms with van der Waals surface area (Å²) in [7, 11) is 0. The number of alkyl carbamates (subject to hydrolysis) is 1. The third-order valence-electron chi connectivity index (χ3n) is 9.67. The maximum Gasteiger partial charge on any atom is 0.407 e. The van der Waals surface area contributed by atoms with Gasteiger partial charge in [-0.05, 0) is 89.8 Å². The monoisotopic (exact) mass is 844 g/mol. The van der Waals surface area contributed by atoms with Gasteiger partial charge in [-0.2, -0.15) is 0 Å². The van der Waals surface area contributed by atoms with E-state index in [9.17, 15) is 33.6 Å². The second kappa shape index (κ2) is 26.2. The van der Waals surface area contributed by atoms with Crippen LogP contribution in [0.4, 0.5) is 15.3 Å². The molecular formula is C43H69N7O10. The lowest BCUT2D eigenvalue weighted by molar-refractivity contribution is -0.137. The second-order valence-corrected chi connectivity index (χ2v) is 16.6. The molecule has 8 amide bonds. The van der Waals surface area contributed by atoms with E-state index in [1.54, 1.807) is 38.1 Å². The van der Waals surface area contributed by atoms with E-state index in [0.717, 1.165) is 24.2 Å². The van der Waals surface area contributed by atoms with Gasteiger partial charge >= 0.3 is 12.1 Å². The van der Waals surface area contributed by atoms with E-state index in [2.05, 4.69) is 47.4 Å². The quantitative estimate of drug-likeness (QED) is 0.0485. The average Bonchev–Trinajstić information content (AvgIpc) is 3.51. The van der Waals surface area contributed by atoms with E-state index in [4.69, 9.17) is 19.9 Å². The molecule has 0 radical (unpaired) electrons. The van der Waals surface area contributed by atoms with Crippen LogP contribution in [0.3, 0.4) is 0 Å². The smallest absolute Gasteiger partial charge is 0.407 e. The molecule has 0 aromatic heterocycles. The Balaban J connectivity index is 1.83. The van der Waals surface area contributed by atoms with Gasteiger partial charge in [0.15, 0.2) is 0 Å². The van der Waals surface area contributed by atoms with E-state index < -0.39 is 41.6 Å². The summed E-state index contributed by atoms with van der Waals surface area (Å²) in [4.78, 5) is 87.8. The fraction of sp³-hybridized carbons (Fsp3) is 0.651. The number of ether oxygens (including phenoxy) is 3. The Morgan fingerprint density at radius 2 is 1.45 bits per heavy atom. The Labute approximate surface area is 355 Å². The zero-order chi connectivity index (χ0) is 44.7. The van der Waals surface area contributed by atoms with Gasteiger partial charge in [-0.3, -0.25) is 28.9 Å². The number of amides is 8. The van der Waals surface area contributed by atoms with Crippen molar-refractivity contribution in [3.8, 4) is 0 Å². The van der Waals surface area contributed by atoms with Gasteiger partial charge in [-0.25, -0.2) is 9.59 Å². The summed E-state index contributed by atoms with van der Waals surface area (Å²) in [6.07, 6.45) is 7.93. The van der Waals surface area contributed by atoms with Crippen molar-refractivity contribution in [2.45, 2.75) is 143 Å². The summed E-state index contributed by atoms with van der Waals surface area (Å²) >= 11 is 0. The Hall–Kier alpha value is -5.03. The van der Waals surface area contributed by atoms with Crippen LogP contribution in [0.5, 0.6) is 0 Å². The number of carbonyl (C=O) groups excluding carboxylic acids is 7. The average molecular weight is 844 g/mol. The van der Waals surface area contributed by atoms with Gasteiger partial charge in [0.05, 0.1) is 17.8 Å². The number of nitrogens with zero attached hydrogens (tertiary/aromatic N) is 1. The van der Waals surface area contributed by atoms with Crippen LogP contribution in [0, 0.1) is 5.92 Å². The number of hydrogen-bond acceptors (Lipinski definition) is 10. The molecule has 0 unspecified atom stereocenters. The predicted molar refractivity (Wildman–Crippen MR) is 227 cm³/mol. The van der Waals surface area contributed by atoms with Crippen LogP contribution >= 0.6 is 0 Å². The Kier molecular flexibility index (Phi) is 22.4. The molecule has 7 N–H and O–H groups in total. The molecule has 17 nitrogen and oxygen atoms in total. The Bertz CT molecular complexity index is 1580. The first-order valence-corrected chi connectivity index (χ1v) is 21.1. The lowest BCUT2D eigenvalue weighted by atomic mass is 10.0. The summed E-state index contributed by atoms with van der Waals surface area (Å²) in [6, 6.07) is 4.01. The third-order valence-corrected chi connectivity index (χ3v) is 9.67. The minimum Gasteiger partial charge on any atom is -0.445 e. The van der Waals surface area contributed by atoms with E-state index in [1.165, 1.54) is 12.2 Å². The molecule has 0 fully saturated rings. The molecule has 60 heavy (non-hydrogen) atoms. The Morgan fingerprint density at radius 1 is 0.783 bits per heavy atom. The van der Waals surface area contributed by atoms with Gasteiger partial charge in [0.1, 0.15) is 18.7 Å². The number of anilines is 1. The van der Waals surface area contributed by atoms with E-state index >= 15 is 0 Å². The number of imide groups is 1. The maximum atomic E-state index is 13.5. The number of unbranched alkanes of at least 4 members (excludes halogenated alkanes) is 3. The predicted octanol–water partition coefficient (Wildman–Crippen LogP) is 4.58. The highest BCUT2D eigenvalue weighted by Gasteiger charge is 2.29. The molecule has 1 heterocycles. The highest BCUT2D eigenvalue weighted by atomic mass is 16.6. The topological polar surface area (TPSA) is 237 Å². The van der Waals surface area contributed by atoms with Crippen molar-refractivity contribution in [1.29, 1.82) is 0 Å². The van der Waals surface area contributed by atoms with Crippen LogP contribution in [0.15, 0.2) is 36.4 Å². The number of nitrogens with two attached hydrogens (primary N) is 1. The fourth-order valence-electron chi connectivity index (χ4n) is 6.02. The molecule has 1 aromatic rings. The highest BCUT2D eigenvalue weighted by molar-refractivity contribution is 6.12. The molecule has 336 valence electrons. The van der Waals surface area contributed by atoms with E-state index in [0.29, 0.717) is 63.1 Å². The maximum absolute atomic E-state index is 13.5. The fourth-order valence-corrected chi connectivity index (χ4v) is 6.02.